The molecule has 0 saturated carbocycles. The summed E-state index contributed by atoms with van der Waals surface area (Å²) in [7, 11) is -3.47. The quantitative estimate of drug-likeness (QED) is 0.442. The fraction of sp³-hybridized carbons (Fsp3) is 0.261. The van der Waals surface area contributed by atoms with Crippen LogP contribution in [0.4, 0.5) is 0 Å². The lowest BCUT2D eigenvalue weighted by atomic mass is 9.84. The highest BCUT2D eigenvalue weighted by Crippen LogP contribution is 2.39. The minimum atomic E-state index is -3.47. The Labute approximate surface area is 188 Å². The van der Waals surface area contributed by atoms with E-state index in [1.165, 1.54) is 16.0 Å². The number of rotatable bonds is 3. The second kappa shape index (κ2) is 7.13. The van der Waals surface area contributed by atoms with Crippen LogP contribution in [0.1, 0.15) is 18.0 Å². The lowest BCUT2D eigenvalue weighted by molar-refractivity contribution is 0.186. The molecule has 1 fully saturated rings. The molecule has 2 unspecified atom stereocenters. The molecule has 5 nitrogen and oxygen atoms in total. The van der Waals surface area contributed by atoms with Gasteiger partial charge in [0.1, 0.15) is 4.21 Å². The summed E-state index contributed by atoms with van der Waals surface area (Å²) in [5, 5.41) is 2.94. The van der Waals surface area contributed by atoms with E-state index in [9.17, 15) is 13.2 Å². The second-order valence-corrected chi connectivity index (χ2v) is 12.5. The smallest absolute Gasteiger partial charge is 0.259 e. The van der Waals surface area contributed by atoms with Gasteiger partial charge < -0.3 is 4.57 Å². The van der Waals surface area contributed by atoms with Crippen molar-refractivity contribution in [2.75, 3.05) is 13.1 Å². The van der Waals surface area contributed by atoms with E-state index in [0.29, 0.717) is 23.8 Å². The van der Waals surface area contributed by atoms with E-state index >= 15 is 0 Å². The van der Waals surface area contributed by atoms with Gasteiger partial charge >= 0.3 is 0 Å². The Morgan fingerprint density at radius 2 is 1.84 bits per heavy atom. The maximum absolute atomic E-state index is 13.4. The lowest BCUT2D eigenvalue weighted by Gasteiger charge is -2.42. The molecule has 4 aromatic rings. The molecule has 31 heavy (non-hydrogen) atoms. The number of aromatic nitrogens is 1. The van der Waals surface area contributed by atoms with Crippen LogP contribution in [0.5, 0.6) is 0 Å². The van der Waals surface area contributed by atoms with Gasteiger partial charge in [-0.1, -0.05) is 24.3 Å². The Hall–Kier alpha value is -2.26. The zero-order valence-electron chi connectivity index (χ0n) is 16.6. The van der Waals surface area contributed by atoms with Crippen LogP contribution in [0.3, 0.4) is 0 Å². The molecular weight excluding hydrogens is 448 g/mol. The molecule has 0 N–H and O–H groups in total. The van der Waals surface area contributed by atoms with Crippen LogP contribution >= 0.6 is 22.7 Å². The monoisotopic (exact) mass is 468 g/mol. The number of pyridine rings is 1. The number of fused-ring (bicyclic) bond motifs is 5. The molecule has 0 amide bonds. The summed E-state index contributed by atoms with van der Waals surface area (Å²) in [6, 6.07) is 17.6. The Kier molecular flexibility index (Phi) is 4.47. The van der Waals surface area contributed by atoms with E-state index in [1.807, 2.05) is 28.8 Å². The van der Waals surface area contributed by atoms with E-state index < -0.39 is 10.0 Å². The normalized spacial score (nSPS) is 21.3. The van der Waals surface area contributed by atoms with Crippen molar-refractivity contribution in [1.82, 2.24) is 8.87 Å². The van der Waals surface area contributed by atoms with Gasteiger partial charge in [-0.15, -0.1) is 22.7 Å². The zero-order valence-corrected chi connectivity index (χ0v) is 19.1. The standard InChI is InChI=1S/C23H20N2O3S3/c26-23-18(21-11-16-4-1-2-5-20(16)30-21)7-8-19-17-10-15(13-25(19)23)12-24(14-17)31(27,28)22-6-3-9-29-22/h1-9,11,15,17H,10,12-14H2. The van der Waals surface area contributed by atoms with Gasteiger partial charge in [-0.2, -0.15) is 4.31 Å². The van der Waals surface area contributed by atoms with Crippen LogP contribution in [-0.2, 0) is 16.6 Å². The minimum Gasteiger partial charge on any atom is -0.311 e. The van der Waals surface area contributed by atoms with E-state index in [0.717, 1.165) is 27.9 Å². The Morgan fingerprint density at radius 3 is 2.65 bits per heavy atom. The average molecular weight is 469 g/mol. The Morgan fingerprint density at radius 1 is 0.968 bits per heavy atom. The Balaban J connectivity index is 1.38. The number of hydrogen-bond donors (Lipinski definition) is 0. The van der Waals surface area contributed by atoms with Crippen molar-refractivity contribution in [2.45, 2.75) is 23.1 Å². The number of hydrogen-bond acceptors (Lipinski definition) is 5. The average Bonchev–Trinajstić information content (AvgIpc) is 3.45. The summed E-state index contributed by atoms with van der Waals surface area (Å²) in [5.41, 5.74) is 1.72. The van der Waals surface area contributed by atoms with Gasteiger partial charge in [0, 0.05) is 40.8 Å². The van der Waals surface area contributed by atoms with Crippen molar-refractivity contribution >= 4 is 42.8 Å². The predicted octanol–water partition coefficient (Wildman–Crippen LogP) is 4.60. The SMILES string of the molecule is O=c1c(-c2cc3ccccc3s2)ccc2n1CC1CC2CN(S(=O)(=O)c2cccs2)C1. The van der Waals surface area contributed by atoms with Crippen molar-refractivity contribution in [3.63, 3.8) is 0 Å². The van der Waals surface area contributed by atoms with Gasteiger partial charge in [0.2, 0.25) is 0 Å². The van der Waals surface area contributed by atoms with Crippen molar-refractivity contribution in [3.8, 4) is 10.4 Å². The first-order valence-electron chi connectivity index (χ1n) is 10.3. The van der Waals surface area contributed by atoms with Crippen LogP contribution < -0.4 is 5.56 Å². The number of sulfonamides is 1. The van der Waals surface area contributed by atoms with Gasteiger partial charge in [-0.3, -0.25) is 4.79 Å². The maximum atomic E-state index is 13.4. The van der Waals surface area contributed by atoms with E-state index in [-0.39, 0.29) is 17.4 Å². The molecule has 8 heteroatoms. The molecule has 2 aliphatic rings. The molecule has 0 radical (unpaired) electrons. The van der Waals surface area contributed by atoms with Crippen molar-refractivity contribution in [3.05, 3.63) is 76.0 Å². The largest absolute Gasteiger partial charge is 0.311 e. The highest BCUT2D eigenvalue weighted by atomic mass is 32.2. The molecule has 2 atom stereocenters. The maximum Gasteiger partial charge on any atom is 0.259 e. The van der Waals surface area contributed by atoms with Crippen LogP contribution in [0.15, 0.2) is 69.0 Å². The minimum absolute atomic E-state index is 0.0355. The third kappa shape index (κ3) is 3.12. The fourth-order valence-electron chi connectivity index (χ4n) is 4.94. The van der Waals surface area contributed by atoms with Crippen LogP contribution in [-0.4, -0.2) is 30.4 Å². The zero-order chi connectivity index (χ0) is 21.2. The first kappa shape index (κ1) is 19.4. The summed E-state index contributed by atoms with van der Waals surface area (Å²) < 4.78 is 31.2. The molecular formula is C23H20N2O3S3. The van der Waals surface area contributed by atoms with Crippen molar-refractivity contribution in [1.29, 1.82) is 0 Å². The molecule has 158 valence electrons. The summed E-state index contributed by atoms with van der Waals surface area (Å²) in [4.78, 5) is 14.4. The van der Waals surface area contributed by atoms with Gasteiger partial charge in [-0.05, 0) is 53.4 Å². The summed E-state index contributed by atoms with van der Waals surface area (Å²) in [6.45, 7) is 1.47. The van der Waals surface area contributed by atoms with Crippen LogP contribution in [0.25, 0.3) is 20.5 Å². The van der Waals surface area contributed by atoms with Crippen molar-refractivity contribution in [2.24, 2.45) is 5.92 Å². The molecule has 2 aliphatic heterocycles. The molecule has 6 rings (SSSR count). The van der Waals surface area contributed by atoms with E-state index in [2.05, 4.69) is 18.2 Å². The number of thiophene rings is 2. The highest BCUT2D eigenvalue weighted by Gasteiger charge is 2.40. The molecule has 3 aromatic heterocycles. The molecule has 0 spiro atoms. The summed E-state index contributed by atoms with van der Waals surface area (Å²) in [6.07, 6.45) is 0.929. The molecule has 0 aliphatic carbocycles. The van der Waals surface area contributed by atoms with Gasteiger partial charge in [0.25, 0.3) is 15.6 Å². The molecule has 1 saturated heterocycles. The third-order valence-corrected chi connectivity index (χ3v) is 10.7. The molecule has 1 aromatic carbocycles. The lowest BCUT2D eigenvalue weighted by Crippen LogP contribution is -2.49. The van der Waals surface area contributed by atoms with Crippen molar-refractivity contribution < 1.29 is 8.42 Å². The highest BCUT2D eigenvalue weighted by molar-refractivity contribution is 7.91. The fourth-order valence-corrected chi connectivity index (χ4v) is 8.72. The van der Waals surface area contributed by atoms with E-state index in [1.54, 1.807) is 33.2 Å². The number of nitrogens with zero attached hydrogens (tertiary/aromatic N) is 2. The molecule has 2 bridgehead atoms. The van der Waals surface area contributed by atoms with Gasteiger partial charge in [0.15, 0.2) is 0 Å². The summed E-state index contributed by atoms with van der Waals surface area (Å²) in [5.74, 6) is 0.197. The second-order valence-electron chi connectivity index (χ2n) is 8.29. The van der Waals surface area contributed by atoms with Gasteiger partial charge in [0.05, 0.1) is 5.56 Å². The number of piperidine rings is 1. The Bertz CT molecular complexity index is 1420. The first-order valence-corrected chi connectivity index (χ1v) is 13.4. The third-order valence-electron chi connectivity index (χ3n) is 6.35. The molecule has 5 heterocycles. The van der Waals surface area contributed by atoms with Crippen LogP contribution in [0, 0.1) is 5.92 Å². The topological polar surface area (TPSA) is 59.4 Å². The van der Waals surface area contributed by atoms with Crippen LogP contribution in [0.2, 0.25) is 0 Å². The van der Waals surface area contributed by atoms with Gasteiger partial charge in [-0.25, -0.2) is 8.42 Å². The summed E-state index contributed by atoms with van der Waals surface area (Å²) >= 11 is 2.90. The predicted molar refractivity (Wildman–Crippen MR) is 125 cm³/mol. The number of benzene rings is 1. The van der Waals surface area contributed by atoms with E-state index in [4.69, 9.17) is 0 Å². The first-order chi connectivity index (χ1) is 15.0.